The molecule has 204 valence electrons. The third kappa shape index (κ3) is 7.12. The predicted molar refractivity (Wildman–Crippen MR) is 132 cm³/mol. The number of alkyl halides is 1. The average Bonchev–Trinajstić information content (AvgIpc) is 3.44. The van der Waals surface area contributed by atoms with E-state index in [2.05, 4.69) is 25.6 Å². The van der Waals surface area contributed by atoms with Gasteiger partial charge in [0.1, 0.15) is 25.1 Å². The molecule has 2 aromatic rings. The molecule has 5 atom stereocenters. The van der Waals surface area contributed by atoms with E-state index in [0.717, 1.165) is 0 Å². The molecule has 0 aliphatic carbocycles. The second kappa shape index (κ2) is 12.3. The van der Waals surface area contributed by atoms with Crippen LogP contribution in [0.2, 0.25) is 0 Å². The summed E-state index contributed by atoms with van der Waals surface area (Å²) in [5, 5.41) is 5.68. The Kier molecular flexibility index (Phi) is 9.35. The molecule has 1 aliphatic rings. The summed E-state index contributed by atoms with van der Waals surface area (Å²) in [6.45, 7) is 7.87. The topological polar surface area (TPSA) is 147 Å². The maximum atomic E-state index is 13.9. The van der Waals surface area contributed by atoms with Crippen LogP contribution in [0.1, 0.15) is 53.7 Å². The first-order chi connectivity index (χ1) is 17.5. The molecule has 3 rings (SSSR count). The number of ether oxygens (including phenoxy) is 3. The summed E-state index contributed by atoms with van der Waals surface area (Å²) in [4.78, 5) is 49.5. The van der Waals surface area contributed by atoms with Crippen molar-refractivity contribution in [3.05, 3.63) is 6.33 Å². The summed E-state index contributed by atoms with van der Waals surface area (Å²) in [5.41, 5.74) is 0.921. The normalized spacial score (nSPS) is 19.9. The van der Waals surface area contributed by atoms with Crippen molar-refractivity contribution < 1.29 is 33.0 Å². The molecule has 2 N–H and O–H groups in total. The van der Waals surface area contributed by atoms with Crippen LogP contribution in [0.15, 0.2) is 6.33 Å². The van der Waals surface area contributed by atoms with Crippen molar-refractivity contribution in [3.63, 3.8) is 0 Å². The maximum Gasteiger partial charge on any atom is 0.313 e. The number of fused-ring (bicyclic) bond motifs is 1. The number of carbonyl (C=O) groups excluding carboxylic acids is 3. The first-order valence-corrected chi connectivity index (χ1v) is 12.3. The van der Waals surface area contributed by atoms with Crippen molar-refractivity contribution in [3.8, 4) is 0 Å². The van der Waals surface area contributed by atoms with Crippen molar-refractivity contribution in [2.75, 3.05) is 30.9 Å². The second-order valence-electron chi connectivity index (χ2n) is 9.64. The minimum absolute atomic E-state index is 0.109. The van der Waals surface area contributed by atoms with Crippen molar-refractivity contribution >= 4 is 40.8 Å². The van der Waals surface area contributed by atoms with Crippen molar-refractivity contribution in [1.29, 1.82) is 0 Å². The Balaban J connectivity index is 1.75. The van der Waals surface area contributed by atoms with Gasteiger partial charge in [-0.05, 0) is 12.8 Å². The van der Waals surface area contributed by atoms with Crippen LogP contribution < -0.4 is 10.6 Å². The van der Waals surface area contributed by atoms with E-state index in [1.807, 2.05) is 13.8 Å². The van der Waals surface area contributed by atoms with E-state index in [0.29, 0.717) is 29.8 Å². The van der Waals surface area contributed by atoms with E-state index in [-0.39, 0.29) is 31.0 Å². The van der Waals surface area contributed by atoms with Crippen molar-refractivity contribution in [2.24, 2.45) is 17.8 Å². The fraction of sp³-hybridized carbons (Fsp3) is 0.667. The third-order valence-corrected chi connectivity index (χ3v) is 6.16. The molecule has 0 radical (unpaired) electrons. The number of amides is 1. The Hall–Kier alpha value is -3.35. The summed E-state index contributed by atoms with van der Waals surface area (Å²) in [7, 11) is 1.69. The molecule has 13 heteroatoms. The van der Waals surface area contributed by atoms with E-state index in [1.165, 1.54) is 13.8 Å². The number of halogens is 1. The van der Waals surface area contributed by atoms with Crippen LogP contribution in [0.5, 0.6) is 0 Å². The standard InChI is InChI=1S/C24H35FN6O6/c1-12(2)7-18(33)28-24-29-21(26-6)20-22(30-24)31(11-27-20)19-8-16(9-36-19)37-23(34)17(10-35-15(5)32)13(3)14(4)25/h11-14,16-17,19H,7-10H2,1-6H3,(H2,26,28,29,30,33)/t13-,14+,16?,17-,19+/m0/s1. The van der Waals surface area contributed by atoms with Gasteiger partial charge in [-0.1, -0.05) is 20.8 Å². The van der Waals surface area contributed by atoms with Crippen LogP contribution in [0.4, 0.5) is 16.2 Å². The van der Waals surface area contributed by atoms with Gasteiger partial charge in [0.15, 0.2) is 17.0 Å². The summed E-state index contributed by atoms with van der Waals surface area (Å²) in [6, 6.07) is 0. The van der Waals surface area contributed by atoms with Gasteiger partial charge in [0.25, 0.3) is 0 Å². The highest BCUT2D eigenvalue weighted by Crippen LogP contribution is 2.31. The molecule has 1 unspecified atom stereocenters. The fourth-order valence-electron chi connectivity index (χ4n) is 3.97. The van der Waals surface area contributed by atoms with Gasteiger partial charge in [0.2, 0.25) is 11.9 Å². The van der Waals surface area contributed by atoms with Gasteiger partial charge >= 0.3 is 11.9 Å². The predicted octanol–water partition coefficient (Wildman–Crippen LogP) is 2.86. The zero-order valence-corrected chi connectivity index (χ0v) is 22.0. The van der Waals surface area contributed by atoms with Crippen molar-refractivity contribution in [1.82, 2.24) is 19.5 Å². The highest BCUT2D eigenvalue weighted by Gasteiger charge is 2.36. The lowest BCUT2D eigenvalue weighted by molar-refractivity contribution is -0.161. The molecular weight excluding hydrogens is 487 g/mol. The summed E-state index contributed by atoms with van der Waals surface area (Å²) in [6.07, 6.45) is -0.282. The molecule has 0 spiro atoms. The zero-order valence-electron chi connectivity index (χ0n) is 22.0. The molecule has 1 saturated heterocycles. The number of nitrogens with zero attached hydrogens (tertiary/aromatic N) is 4. The van der Waals surface area contributed by atoms with Crippen LogP contribution in [0, 0.1) is 17.8 Å². The van der Waals surface area contributed by atoms with Crippen molar-refractivity contribution in [2.45, 2.75) is 66.0 Å². The van der Waals surface area contributed by atoms with Gasteiger partial charge in [-0.25, -0.2) is 9.37 Å². The highest BCUT2D eigenvalue weighted by atomic mass is 19.1. The lowest BCUT2D eigenvalue weighted by Crippen LogP contribution is -2.35. The number of carbonyl (C=O) groups is 3. The highest BCUT2D eigenvalue weighted by molar-refractivity contribution is 5.91. The minimum atomic E-state index is -1.30. The lowest BCUT2D eigenvalue weighted by Gasteiger charge is -2.24. The molecule has 0 aromatic carbocycles. The average molecular weight is 523 g/mol. The summed E-state index contributed by atoms with van der Waals surface area (Å²) in [5.74, 6) is -2.32. The number of rotatable bonds is 11. The molecule has 0 bridgehead atoms. The summed E-state index contributed by atoms with van der Waals surface area (Å²) >= 11 is 0. The molecule has 0 saturated carbocycles. The SMILES string of the molecule is CNc1nc(NC(=O)CC(C)C)nc2c1ncn2[C@H]1CC(OC(=O)[C@@H](COC(C)=O)[C@@H](C)[C@@H](C)F)CO1. The Morgan fingerprint density at radius 3 is 2.59 bits per heavy atom. The van der Waals surface area contributed by atoms with Crippen LogP contribution in [0.3, 0.4) is 0 Å². The maximum absolute atomic E-state index is 13.9. The number of aromatic nitrogens is 4. The Bertz CT molecular complexity index is 1120. The van der Waals surface area contributed by atoms with Crippen LogP contribution in [0.25, 0.3) is 11.2 Å². The van der Waals surface area contributed by atoms with E-state index < -0.39 is 42.3 Å². The van der Waals surface area contributed by atoms with Gasteiger partial charge in [-0.3, -0.25) is 24.3 Å². The fourth-order valence-corrected chi connectivity index (χ4v) is 3.97. The van der Waals surface area contributed by atoms with E-state index in [1.54, 1.807) is 24.9 Å². The molecule has 1 fully saturated rings. The van der Waals surface area contributed by atoms with Gasteiger partial charge in [-0.2, -0.15) is 9.97 Å². The number of esters is 2. The number of hydrogen-bond acceptors (Lipinski definition) is 10. The largest absolute Gasteiger partial charge is 0.465 e. The molecule has 1 amide bonds. The quantitative estimate of drug-likeness (QED) is 0.422. The summed E-state index contributed by atoms with van der Waals surface area (Å²) < 4.78 is 32.1. The zero-order chi connectivity index (χ0) is 27.3. The Morgan fingerprint density at radius 2 is 1.97 bits per heavy atom. The first kappa shape index (κ1) is 28.2. The van der Waals surface area contributed by atoms with Gasteiger partial charge in [0.05, 0.1) is 18.9 Å². The van der Waals surface area contributed by atoms with E-state index in [9.17, 15) is 18.8 Å². The second-order valence-corrected chi connectivity index (χ2v) is 9.64. The van der Waals surface area contributed by atoms with E-state index in [4.69, 9.17) is 14.2 Å². The monoisotopic (exact) mass is 522 g/mol. The first-order valence-electron chi connectivity index (χ1n) is 12.3. The Morgan fingerprint density at radius 1 is 1.24 bits per heavy atom. The molecule has 1 aliphatic heterocycles. The minimum Gasteiger partial charge on any atom is -0.465 e. The smallest absolute Gasteiger partial charge is 0.313 e. The third-order valence-electron chi connectivity index (χ3n) is 6.16. The van der Waals surface area contributed by atoms with Gasteiger partial charge < -0.3 is 19.5 Å². The number of anilines is 2. The number of nitrogens with one attached hydrogen (secondary N) is 2. The molecule has 2 aromatic heterocycles. The molecule has 12 nitrogen and oxygen atoms in total. The van der Waals surface area contributed by atoms with Gasteiger partial charge in [0, 0.05) is 32.7 Å². The lowest BCUT2D eigenvalue weighted by atomic mass is 9.91. The molecular formula is C24H35FN6O6. The number of hydrogen-bond donors (Lipinski definition) is 2. The van der Waals surface area contributed by atoms with Gasteiger partial charge in [-0.15, -0.1) is 0 Å². The molecule has 3 heterocycles. The van der Waals surface area contributed by atoms with Crippen LogP contribution in [-0.4, -0.2) is 69.9 Å². The molecule has 37 heavy (non-hydrogen) atoms. The van der Waals surface area contributed by atoms with Crippen LogP contribution in [-0.2, 0) is 28.6 Å². The van der Waals surface area contributed by atoms with Crippen LogP contribution >= 0.6 is 0 Å². The van der Waals surface area contributed by atoms with E-state index >= 15 is 0 Å². The number of imidazole rings is 1. The Labute approximate surface area is 214 Å².